The zero-order valence-corrected chi connectivity index (χ0v) is 16.3. The highest BCUT2D eigenvalue weighted by atomic mass is 16.1. The zero-order valence-electron chi connectivity index (χ0n) is 16.3. The molecule has 3 aliphatic carbocycles. The van der Waals surface area contributed by atoms with Crippen LogP contribution in [0.2, 0.25) is 0 Å². The van der Waals surface area contributed by atoms with E-state index < -0.39 is 0 Å². The number of nitrogens with zero attached hydrogens (tertiary/aromatic N) is 1. The van der Waals surface area contributed by atoms with Gasteiger partial charge < -0.3 is 4.98 Å². The Morgan fingerprint density at radius 2 is 2.04 bits per heavy atom. The maximum atomic E-state index is 12.4. The van der Waals surface area contributed by atoms with E-state index in [2.05, 4.69) is 16.0 Å². The molecule has 2 fully saturated rings. The van der Waals surface area contributed by atoms with Crippen LogP contribution in [0.1, 0.15) is 74.1 Å². The second kappa shape index (κ2) is 6.98. The molecule has 0 aliphatic heterocycles. The van der Waals surface area contributed by atoms with Gasteiger partial charge in [0.15, 0.2) is 0 Å². The van der Waals surface area contributed by atoms with Crippen molar-refractivity contribution in [3.8, 4) is 0 Å². The number of hydrogen-bond acceptors (Lipinski definition) is 3. The summed E-state index contributed by atoms with van der Waals surface area (Å²) in [5.41, 5.74) is 3.55. The molecular weight excluding hydrogens is 348 g/mol. The van der Waals surface area contributed by atoms with Crippen molar-refractivity contribution < 1.29 is 4.79 Å². The van der Waals surface area contributed by atoms with Gasteiger partial charge in [0, 0.05) is 42.4 Å². The maximum absolute atomic E-state index is 12.4. The molecule has 3 unspecified atom stereocenters. The van der Waals surface area contributed by atoms with Crippen LogP contribution in [0.4, 0.5) is 0 Å². The minimum absolute atomic E-state index is 0.00129. The highest BCUT2D eigenvalue weighted by Crippen LogP contribution is 2.55. The molecule has 0 radical (unpaired) electrons. The third-order valence-electron chi connectivity index (χ3n) is 7.77. The van der Waals surface area contributed by atoms with Crippen molar-refractivity contribution in [2.75, 3.05) is 0 Å². The number of hydrogen-bond donors (Lipinski definition) is 1. The molecule has 2 heterocycles. The van der Waals surface area contributed by atoms with Crippen LogP contribution in [0, 0.1) is 11.8 Å². The molecule has 0 aromatic carbocycles. The second-order valence-electron chi connectivity index (χ2n) is 9.13. The summed E-state index contributed by atoms with van der Waals surface area (Å²) >= 11 is 0. The summed E-state index contributed by atoms with van der Waals surface area (Å²) in [7, 11) is 0. The lowest BCUT2D eigenvalue weighted by Crippen LogP contribution is -2.43. The van der Waals surface area contributed by atoms with Crippen LogP contribution >= 0.6 is 0 Å². The van der Waals surface area contributed by atoms with E-state index in [4.69, 9.17) is 0 Å². The number of Topliss-reactive ketones (excluding diaryl/α,β-unsaturated/α-hetero) is 1. The number of fused-ring (bicyclic) bond motifs is 3. The maximum Gasteiger partial charge on any atom is 0.248 e. The minimum atomic E-state index is -0.0969. The van der Waals surface area contributed by atoms with Gasteiger partial charge in [-0.2, -0.15) is 0 Å². The molecule has 0 spiro atoms. The number of H-pyrrole nitrogens is 1. The summed E-state index contributed by atoms with van der Waals surface area (Å²) in [4.78, 5) is 32.3. The lowest BCUT2D eigenvalue weighted by atomic mass is 9.59. The predicted molar refractivity (Wildman–Crippen MR) is 108 cm³/mol. The van der Waals surface area contributed by atoms with Gasteiger partial charge in [-0.05, 0) is 79.5 Å². The Bertz CT molecular complexity index is 931. The Hall–Kier alpha value is -2.23. The Kier molecular flexibility index (Phi) is 4.45. The summed E-state index contributed by atoms with van der Waals surface area (Å²) in [6.45, 7) is 0. The van der Waals surface area contributed by atoms with Gasteiger partial charge in [-0.15, -0.1) is 0 Å². The second-order valence-corrected chi connectivity index (χ2v) is 9.13. The van der Waals surface area contributed by atoms with E-state index in [0.717, 1.165) is 31.4 Å². The lowest BCUT2D eigenvalue weighted by Gasteiger charge is -2.44. The molecule has 28 heavy (non-hydrogen) atoms. The smallest absolute Gasteiger partial charge is 0.248 e. The van der Waals surface area contributed by atoms with Crippen molar-refractivity contribution >= 4 is 5.78 Å². The predicted octanol–water partition coefficient (Wildman–Crippen LogP) is 4.30. The fourth-order valence-electron chi connectivity index (χ4n) is 6.12. The number of rotatable bonds is 3. The van der Waals surface area contributed by atoms with Crippen molar-refractivity contribution in [2.45, 2.75) is 69.1 Å². The number of pyridine rings is 2. The fraction of sp³-hybridized carbons (Fsp3) is 0.542. The van der Waals surface area contributed by atoms with Crippen molar-refractivity contribution in [1.29, 1.82) is 0 Å². The quantitative estimate of drug-likeness (QED) is 0.869. The largest absolute Gasteiger partial charge is 0.329 e. The summed E-state index contributed by atoms with van der Waals surface area (Å²) in [5.74, 6) is 1.90. The summed E-state index contributed by atoms with van der Waals surface area (Å²) < 4.78 is 0. The molecule has 4 heteroatoms. The number of aromatic nitrogens is 2. The summed E-state index contributed by atoms with van der Waals surface area (Å²) in [5, 5.41) is 0. The minimum Gasteiger partial charge on any atom is -0.329 e. The Morgan fingerprint density at radius 1 is 1.14 bits per heavy atom. The molecular formula is C24H28N2O2. The van der Waals surface area contributed by atoms with E-state index >= 15 is 0 Å². The standard InChI is InChI=1S/C24H28N2O2/c27-19-9-10-24(14-18-6-1-2-11-25-18)17(12-19)7-8-20(16-4-3-5-16)21-13-23(28)26-15-22(21)24/h1-2,6,11,13,15-17,20H,3-5,7-10,12,14H2,(H,26,28). The van der Waals surface area contributed by atoms with Gasteiger partial charge in [-0.3, -0.25) is 14.6 Å². The van der Waals surface area contributed by atoms with Crippen LogP contribution in [-0.2, 0) is 16.6 Å². The van der Waals surface area contributed by atoms with Crippen molar-refractivity contribution in [3.63, 3.8) is 0 Å². The van der Waals surface area contributed by atoms with E-state index in [1.807, 2.05) is 30.6 Å². The first-order chi connectivity index (χ1) is 13.7. The van der Waals surface area contributed by atoms with Gasteiger partial charge >= 0.3 is 0 Å². The molecule has 2 aromatic heterocycles. The van der Waals surface area contributed by atoms with E-state index in [9.17, 15) is 9.59 Å². The van der Waals surface area contributed by atoms with E-state index in [-0.39, 0.29) is 11.0 Å². The highest BCUT2D eigenvalue weighted by molar-refractivity contribution is 5.80. The molecule has 0 saturated heterocycles. The molecule has 2 aromatic rings. The topological polar surface area (TPSA) is 62.8 Å². The molecule has 146 valence electrons. The summed E-state index contributed by atoms with van der Waals surface area (Å²) in [6.07, 6.45) is 12.9. The average molecular weight is 377 g/mol. The van der Waals surface area contributed by atoms with Crippen LogP contribution in [0.3, 0.4) is 0 Å². The first-order valence-corrected chi connectivity index (χ1v) is 10.8. The van der Waals surface area contributed by atoms with Gasteiger partial charge in [0.2, 0.25) is 5.56 Å². The Balaban J connectivity index is 1.66. The van der Waals surface area contributed by atoms with Crippen LogP contribution in [0.5, 0.6) is 0 Å². The third kappa shape index (κ3) is 2.94. The van der Waals surface area contributed by atoms with Gasteiger partial charge in [0.25, 0.3) is 0 Å². The number of aromatic amines is 1. The Morgan fingerprint density at radius 3 is 2.79 bits per heavy atom. The molecule has 4 nitrogen and oxygen atoms in total. The molecule has 0 bridgehead atoms. The highest BCUT2D eigenvalue weighted by Gasteiger charge is 2.49. The number of ketones is 1. The van der Waals surface area contributed by atoms with Crippen molar-refractivity contribution in [3.05, 3.63) is 63.8 Å². The Labute approximate surface area is 165 Å². The molecule has 2 saturated carbocycles. The van der Waals surface area contributed by atoms with Crippen LogP contribution in [0.25, 0.3) is 0 Å². The molecule has 0 amide bonds. The molecule has 3 aliphatic rings. The van der Waals surface area contributed by atoms with Crippen LogP contribution in [0.15, 0.2) is 41.5 Å². The van der Waals surface area contributed by atoms with Gasteiger partial charge in [-0.25, -0.2) is 0 Å². The van der Waals surface area contributed by atoms with Crippen molar-refractivity contribution in [2.24, 2.45) is 11.8 Å². The SMILES string of the molecule is O=C1CCC2(Cc3ccccn3)c3c[nH]c(=O)cc3C(C3CCC3)CCC2C1. The summed E-state index contributed by atoms with van der Waals surface area (Å²) in [6, 6.07) is 7.97. The number of carbonyl (C=O) groups excluding carboxylic acids is 1. The normalized spacial score (nSPS) is 30.1. The fourth-order valence-corrected chi connectivity index (χ4v) is 6.12. The molecule has 5 rings (SSSR count). The third-order valence-corrected chi connectivity index (χ3v) is 7.77. The van der Waals surface area contributed by atoms with E-state index in [1.54, 1.807) is 0 Å². The number of nitrogens with one attached hydrogen (secondary N) is 1. The average Bonchev–Trinajstić information content (AvgIpc) is 2.77. The van der Waals surface area contributed by atoms with Crippen LogP contribution < -0.4 is 5.56 Å². The van der Waals surface area contributed by atoms with Gasteiger partial charge in [0.1, 0.15) is 5.78 Å². The van der Waals surface area contributed by atoms with E-state index in [1.165, 1.54) is 30.4 Å². The van der Waals surface area contributed by atoms with Gasteiger partial charge in [-0.1, -0.05) is 12.5 Å². The van der Waals surface area contributed by atoms with Crippen molar-refractivity contribution in [1.82, 2.24) is 9.97 Å². The lowest BCUT2D eigenvalue weighted by molar-refractivity contribution is -0.123. The first kappa shape index (κ1) is 17.8. The molecule has 3 atom stereocenters. The zero-order chi connectivity index (χ0) is 19.1. The first-order valence-electron chi connectivity index (χ1n) is 10.8. The molecule has 1 N–H and O–H groups in total. The monoisotopic (exact) mass is 376 g/mol. The van der Waals surface area contributed by atoms with Gasteiger partial charge in [0.05, 0.1) is 0 Å². The van der Waals surface area contributed by atoms with E-state index in [0.29, 0.717) is 36.4 Å². The van der Waals surface area contributed by atoms with Crippen LogP contribution in [-0.4, -0.2) is 15.8 Å². The number of carbonyl (C=O) groups is 1.